The topological polar surface area (TPSA) is 30.0 Å². The molecule has 0 N–H and O–H groups in total. The molecule has 0 spiro atoms. The van der Waals surface area contributed by atoms with Crippen LogP contribution in [0.15, 0.2) is 18.3 Å². The number of carbonyl (C=O) groups is 1. The van der Waals surface area contributed by atoms with Crippen molar-refractivity contribution in [2.24, 2.45) is 0 Å². The van der Waals surface area contributed by atoms with Gasteiger partial charge in [0.15, 0.2) is 5.12 Å². The van der Waals surface area contributed by atoms with Gasteiger partial charge in [0.1, 0.15) is 0 Å². The molecule has 0 bridgehead atoms. The molecule has 15 heavy (non-hydrogen) atoms. The van der Waals surface area contributed by atoms with Crippen LogP contribution < -0.4 is 0 Å². The zero-order valence-corrected chi connectivity index (χ0v) is 9.73. The molecule has 1 aromatic rings. The van der Waals surface area contributed by atoms with Gasteiger partial charge in [-0.25, -0.2) is 0 Å². The highest BCUT2D eigenvalue weighted by Gasteiger charge is 1.93. The molecule has 0 unspecified atom stereocenters. The van der Waals surface area contributed by atoms with Gasteiger partial charge in [-0.15, -0.1) is 0 Å². The minimum atomic E-state index is 0.148. The standard InChI is InChI=1S/C12H13NOS/c1-10-12(7-5-8-13-10)6-3-4-9-15-11(2)14/h5,7-8H,4,9H2,1-2H3. The molecule has 0 aromatic carbocycles. The molecular formula is C12H13NOS. The van der Waals surface area contributed by atoms with Crippen molar-refractivity contribution < 1.29 is 4.79 Å². The van der Waals surface area contributed by atoms with E-state index in [2.05, 4.69) is 16.8 Å². The van der Waals surface area contributed by atoms with E-state index in [9.17, 15) is 4.79 Å². The van der Waals surface area contributed by atoms with E-state index < -0.39 is 0 Å². The minimum Gasteiger partial charge on any atom is -0.288 e. The van der Waals surface area contributed by atoms with Gasteiger partial charge >= 0.3 is 0 Å². The van der Waals surface area contributed by atoms with Gasteiger partial charge in [0.25, 0.3) is 0 Å². The summed E-state index contributed by atoms with van der Waals surface area (Å²) in [7, 11) is 0. The fraction of sp³-hybridized carbons (Fsp3) is 0.333. The molecule has 0 aliphatic carbocycles. The van der Waals surface area contributed by atoms with Gasteiger partial charge in [-0.3, -0.25) is 9.78 Å². The molecule has 1 heterocycles. The summed E-state index contributed by atoms with van der Waals surface area (Å²) in [6.07, 6.45) is 2.49. The number of hydrogen-bond acceptors (Lipinski definition) is 3. The Morgan fingerprint density at radius 1 is 1.60 bits per heavy atom. The van der Waals surface area contributed by atoms with Crippen molar-refractivity contribution in [2.75, 3.05) is 5.75 Å². The van der Waals surface area contributed by atoms with Crippen LogP contribution in [0.4, 0.5) is 0 Å². The molecule has 0 radical (unpaired) electrons. The first-order valence-electron chi connectivity index (χ1n) is 4.74. The summed E-state index contributed by atoms with van der Waals surface area (Å²) in [4.78, 5) is 14.8. The highest BCUT2D eigenvalue weighted by atomic mass is 32.2. The van der Waals surface area contributed by atoms with E-state index in [1.807, 2.05) is 19.1 Å². The highest BCUT2D eigenvalue weighted by molar-refractivity contribution is 8.13. The summed E-state index contributed by atoms with van der Waals surface area (Å²) in [5.41, 5.74) is 1.91. The molecule has 0 aliphatic heterocycles. The van der Waals surface area contributed by atoms with Crippen LogP contribution in [0.5, 0.6) is 0 Å². The second-order valence-corrected chi connectivity index (χ2v) is 4.30. The van der Waals surface area contributed by atoms with Crippen molar-refractivity contribution in [2.45, 2.75) is 20.3 Å². The molecular weight excluding hydrogens is 206 g/mol. The number of rotatable bonds is 2. The van der Waals surface area contributed by atoms with Gasteiger partial charge in [0, 0.05) is 30.9 Å². The second kappa shape index (κ2) is 6.26. The molecule has 3 heteroatoms. The molecule has 78 valence electrons. The normalized spacial score (nSPS) is 9.20. The van der Waals surface area contributed by atoms with Crippen LogP contribution in [0.1, 0.15) is 24.6 Å². The molecule has 0 saturated carbocycles. The quantitative estimate of drug-likeness (QED) is 0.565. The van der Waals surface area contributed by atoms with Crippen LogP contribution in [-0.2, 0) is 4.79 Å². The first-order valence-corrected chi connectivity index (χ1v) is 5.72. The van der Waals surface area contributed by atoms with E-state index >= 15 is 0 Å². The average Bonchev–Trinajstić information content (AvgIpc) is 2.20. The monoisotopic (exact) mass is 219 g/mol. The lowest BCUT2D eigenvalue weighted by atomic mass is 10.2. The highest BCUT2D eigenvalue weighted by Crippen LogP contribution is 2.03. The van der Waals surface area contributed by atoms with E-state index in [1.54, 1.807) is 13.1 Å². The van der Waals surface area contributed by atoms with Crippen molar-refractivity contribution in [3.63, 3.8) is 0 Å². The summed E-state index contributed by atoms with van der Waals surface area (Å²) in [6.45, 7) is 3.51. The van der Waals surface area contributed by atoms with E-state index in [-0.39, 0.29) is 5.12 Å². The van der Waals surface area contributed by atoms with Gasteiger partial charge in [0.05, 0.1) is 5.69 Å². The summed E-state index contributed by atoms with van der Waals surface area (Å²) in [5, 5.41) is 0.148. The van der Waals surface area contributed by atoms with Crippen LogP contribution in [-0.4, -0.2) is 15.9 Å². The lowest BCUT2D eigenvalue weighted by Crippen LogP contribution is -1.86. The maximum absolute atomic E-state index is 10.6. The Balaban J connectivity index is 2.45. The molecule has 1 aromatic heterocycles. The van der Waals surface area contributed by atoms with Gasteiger partial charge in [-0.05, 0) is 19.1 Å². The Labute approximate surface area is 94.5 Å². The summed E-state index contributed by atoms with van der Waals surface area (Å²) < 4.78 is 0. The van der Waals surface area contributed by atoms with Crippen molar-refractivity contribution in [1.29, 1.82) is 0 Å². The van der Waals surface area contributed by atoms with E-state index in [1.165, 1.54) is 11.8 Å². The molecule has 0 saturated heterocycles. The van der Waals surface area contributed by atoms with E-state index in [4.69, 9.17) is 0 Å². The van der Waals surface area contributed by atoms with E-state index in [0.717, 1.165) is 23.4 Å². The Bertz CT molecular complexity index is 404. The lowest BCUT2D eigenvalue weighted by Gasteiger charge is -1.94. The first-order chi connectivity index (χ1) is 7.20. The summed E-state index contributed by atoms with van der Waals surface area (Å²) in [5.74, 6) is 6.85. The Hall–Kier alpha value is -1.27. The predicted molar refractivity (Wildman–Crippen MR) is 63.6 cm³/mol. The van der Waals surface area contributed by atoms with Crippen molar-refractivity contribution in [3.05, 3.63) is 29.6 Å². The predicted octanol–water partition coefficient (Wildman–Crippen LogP) is 2.41. The van der Waals surface area contributed by atoms with E-state index in [0.29, 0.717) is 0 Å². The SMILES string of the molecule is CC(=O)SCCC#Cc1cccnc1C. The van der Waals surface area contributed by atoms with Crippen LogP contribution in [0.2, 0.25) is 0 Å². The number of nitrogens with zero attached hydrogens (tertiary/aromatic N) is 1. The smallest absolute Gasteiger partial charge is 0.185 e. The number of thioether (sulfide) groups is 1. The van der Waals surface area contributed by atoms with Crippen LogP contribution in [0.25, 0.3) is 0 Å². The number of hydrogen-bond donors (Lipinski definition) is 0. The van der Waals surface area contributed by atoms with Gasteiger partial charge < -0.3 is 0 Å². The third kappa shape index (κ3) is 4.66. The number of pyridine rings is 1. The zero-order valence-electron chi connectivity index (χ0n) is 8.91. The second-order valence-electron chi connectivity index (χ2n) is 3.03. The third-order valence-corrected chi connectivity index (χ3v) is 2.58. The third-order valence-electron chi connectivity index (χ3n) is 1.76. The number of aryl methyl sites for hydroxylation is 1. The average molecular weight is 219 g/mol. The molecule has 0 aliphatic rings. The number of carbonyl (C=O) groups excluding carboxylic acids is 1. The first kappa shape index (κ1) is 11.8. The largest absolute Gasteiger partial charge is 0.288 e. The van der Waals surface area contributed by atoms with Gasteiger partial charge in [-0.2, -0.15) is 0 Å². The maximum Gasteiger partial charge on any atom is 0.185 e. The maximum atomic E-state index is 10.6. The molecule has 0 fully saturated rings. The minimum absolute atomic E-state index is 0.148. The molecule has 0 amide bonds. The fourth-order valence-electron chi connectivity index (χ4n) is 1.02. The molecule has 1 rings (SSSR count). The van der Waals surface area contributed by atoms with Crippen LogP contribution in [0, 0.1) is 18.8 Å². The lowest BCUT2D eigenvalue weighted by molar-refractivity contribution is -0.109. The van der Waals surface area contributed by atoms with Crippen molar-refractivity contribution in [3.8, 4) is 11.8 Å². The van der Waals surface area contributed by atoms with Crippen molar-refractivity contribution >= 4 is 16.9 Å². The zero-order chi connectivity index (χ0) is 11.1. The summed E-state index contributed by atoms with van der Waals surface area (Å²) >= 11 is 1.31. The fourth-order valence-corrected chi connectivity index (χ4v) is 1.51. The Morgan fingerprint density at radius 3 is 3.07 bits per heavy atom. The van der Waals surface area contributed by atoms with Gasteiger partial charge in [-0.1, -0.05) is 23.6 Å². The summed E-state index contributed by atoms with van der Waals surface area (Å²) in [6, 6.07) is 3.83. The Kier molecular flexibility index (Phi) is 4.92. The van der Waals surface area contributed by atoms with Gasteiger partial charge in [0.2, 0.25) is 0 Å². The Morgan fingerprint density at radius 2 is 2.40 bits per heavy atom. The van der Waals surface area contributed by atoms with Crippen molar-refractivity contribution in [1.82, 2.24) is 4.98 Å². The molecule has 2 nitrogen and oxygen atoms in total. The van der Waals surface area contributed by atoms with Crippen LogP contribution in [0.3, 0.4) is 0 Å². The number of aromatic nitrogens is 1. The molecule has 0 atom stereocenters. The van der Waals surface area contributed by atoms with Crippen LogP contribution >= 0.6 is 11.8 Å².